The average Bonchev–Trinajstić information content (AvgIpc) is 2.98. The van der Waals surface area contributed by atoms with Gasteiger partial charge in [0.1, 0.15) is 5.82 Å². The van der Waals surface area contributed by atoms with Gasteiger partial charge in [-0.3, -0.25) is 4.79 Å². The Balaban J connectivity index is 1.71. The highest BCUT2D eigenvalue weighted by molar-refractivity contribution is 6.35. The highest BCUT2D eigenvalue weighted by atomic mass is 35.5. The van der Waals surface area contributed by atoms with Crippen molar-refractivity contribution >= 4 is 34.4 Å². The Morgan fingerprint density at radius 3 is 2.76 bits per heavy atom. The van der Waals surface area contributed by atoms with Crippen LogP contribution in [0, 0.1) is 5.82 Å². The molecule has 1 amide bonds. The summed E-state index contributed by atoms with van der Waals surface area (Å²) >= 11 is 6.17. The standard InChI is InChI=1S/C18H14ClFN2O3/c19-13-2-1-3-15-17(13)12(9-21-15)7-16(23)22-8-11-6-10(18(24)25)4-5-14(11)20/h1-6,9,21H,7-8H2,(H,22,23)(H,24,25). The summed E-state index contributed by atoms with van der Waals surface area (Å²) in [5.74, 6) is -2.04. The van der Waals surface area contributed by atoms with E-state index in [4.69, 9.17) is 16.7 Å². The summed E-state index contributed by atoms with van der Waals surface area (Å²) in [6.45, 7) is -0.0954. The van der Waals surface area contributed by atoms with Crippen molar-refractivity contribution < 1.29 is 19.1 Å². The van der Waals surface area contributed by atoms with Gasteiger partial charge in [0.05, 0.1) is 17.0 Å². The predicted octanol–water partition coefficient (Wildman–Crippen LogP) is 3.52. The van der Waals surface area contributed by atoms with Gasteiger partial charge in [0.25, 0.3) is 0 Å². The fraction of sp³-hybridized carbons (Fsp3) is 0.111. The Labute approximate surface area is 147 Å². The minimum atomic E-state index is -1.15. The van der Waals surface area contributed by atoms with Gasteiger partial charge < -0.3 is 15.4 Å². The number of hydrogen-bond acceptors (Lipinski definition) is 2. The summed E-state index contributed by atoms with van der Waals surface area (Å²) in [6.07, 6.45) is 1.78. The molecule has 0 aliphatic rings. The molecule has 5 nitrogen and oxygen atoms in total. The molecular formula is C18H14ClFN2O3. The second kappa shape index (κ2) is 6.94. The first-order valence-corrected chi connectivity index (χ1v) is 7.86. The molecule has 1 aromatic heterocycles. The molecule has 0 fully saturated rings. The van der Waals surface area contributed by atoms with Crippen molar-refractivity contribution in [1.29, 1.82) is 0 Å². The number of rotatable bonds is 5. The minimum Gasteiger partial charge on any atom is -0.478 e. The van der Waals surface area contributed by atoms with Crippen LogP contribution in [0.1, 0.15) is 21.5 Å². The largest absolute Gasteiger partial charge is 0.478 e. The van der Waals surface area contributed by atoms with Gasteiger partial charge in [-0.05, 0) is 35.9 Å². The molecule has 0 saturated carbocycles. The van der Waals surface area contributed by atoms with Gasteiger partial charge in [-0.1, -0.05) is 17.7 Å². The number of fused-ring (bicyclic) bond motifs is 1. The van der Waals surface area contributed by atoms with Gasteiger partial charge in [-0.15, -0.1) is 0 Å². The lowest BCUT2D eigenvalue weighted by atomic mass is 10.1. The average molecular weight is 361 g/mol. The lowest BCUT2D eigenvalue weighted by Crippen LogP contribution is -2.25. The van der Waals surface area contributed by atoms with Crippen LogP contribution in [0.3, 0.4) is 0 Å². The van der Waals surface area contributed by atoms with Crippen molar-refractivity contribution in [2.24, 2.45) is 0 Å². The van der Waals surface area contributed by atoms with Crippen molar-refractivity contribution in [2.45, 2.75) is 13.0 Å². The second-order valence-electron chi connectivity index (χ2n) is 5.54. The SMILES string of the molecule is O=C(Cc1c[nH]c2cccc(Cl)c12)NCc1cc(C(=O)O)ccc1F. The minimum absolute atomic E-state index is 0.0333. The summed E-state index contributed by atoms with van der Waals surface area (Å²) in [5.41, 5.74) is 1.65. The molecular weight excluding hydrogens is 347 g/mol. The highest BCUT2D eigenvalue weighted by Crippen LogP contribution is 2.26. The molecule has 0 spiro atoms. The number of aromatic nitrogens is 1. The summed E-state index contributed by atoms with van der Waals surface area (Å²) in [4.78, 5) is 26.2. The maximum Gasteiger partial charge on any atom is 0.335 e. The molecule has 1 heterocycles. The molecule has 0 aliphatic carbocycles. The van der Waals surface area contributed by atoms with Crippen molar-refractivity contribution in [3.63, 3.8) is 0 Å². The van der Waals surface area contributed by atoms with Crippen LogP contribution in [0.15, 0.2) is 42.6 Å². The van der Waals surface area contributed by atoms with Crippen LogP contribution in [-0.4, -0.2) is 22.0 Å². The molecule has 0 atom stereocenters. The number of aromatic carboxylic acids is 1. The molecule has 3 rings (SSSR count). The molecule has 2 aromatic carbocycles. The highest BCUT2D eigenvalue weighted by Gasteiger charge is 2.13. The Morgan fingerprint density at radius 2 is 2.00 bits per heavy atom. The molecule has 3 N–H and O–H groups in total. The Hall–Kier alpha value is -2.86. The second-order valence-corrected chi connectivity index (χ2v) is 5.95. The third-order valence-corrected chi connectivity index (χ3v) is 4.17. The molecule has 7 heteroatoms. The van der Waals surface area contributed by atoms with E-state index in [-0.39, 0.29) is 30.0 Å². The normalized spacial score (nSPS) is 10.8. The zero-order valence-corrected chi connectivity index (χ0v) is 13.7. The lowest BCUT2D eigenvalue weighted by molar-refractivity contribution is -0.120. The molecule has 3 aromatic rings. The number of H-pyrrole nitrogens is 1. The number of carboxylic acid groups (broad SMARTS) is 1. The summed E-state index contributed by atoms with van der Waals surface area (Å²) in [6, 6.07) is 8.87. The van der Waals surface area contributed by atoms with E-state index in [0.717, 1.165) is 22.5 Å². The summed E-state index contributed by atoms with van der Waals surface area (Å²) in [7, 11) is 0. The van der Waals surface area contributed by atoms with E-state index in [2.05, 4.69) is 10.3 Å². The number of hydrogen-bond donors (Lipinski definition) is 3. The molecule has 25 heavy (non-hydrogen) atoms. The number of aromatic amines is 1. The van der Waals surface area contributed by atoms with Crippen molar-refractivity contribution in [3.05, 3.63) is 70.1 Å². The predicted molar refractivity (Wildman–Crippen MR) is 92.2 cm³/mol. The Kier molecular flexibility index (Phi) is 4.72. The number of carboxylic acids is 1. The number of halogens is 2. The monoisotopic (exact) mass is 360 g/mol. The van der Waals surface area contributed by atoms with Crippen molar-refractivity contribution in [2.75, 3.05) is 0 Å². The molecule has 0 aliphatic heterocycles. The quantitative estimate of drug-likeness (QED) is 0.651. The fourth-order valence-corrected chi connectivity index (χ4v) is 2.92. The van der Waals surface area contributed by atoms with Gasteiger partial charge in [0.2, 0.25) is 5.91 Å². The van der Waals surface area contributed by atoms with Crippen LogP contribution in [-0.2, 0) is 17.8 Å². The first-order chi connectivity index (χ1) is 12.0. The van der Waals surface area contributed by atoms with Crippen LogP contribution in [0.25, 0.3) is 10.9 Å². The maximum atomic E-state index is 13.8. The van der Waals surface area contributed by atoms with Crippen LogP contribution in [0.2, 0.25) is 5.02 Å². The van der Waals surface area contributed by atoms with E-state index >= 15 is 0 Å². The van der Waals surface area contributed by atoms with Crippen LogP contribution >= 0.6 is 11.6 Å². The number of carbonyl (C=O) groups excluding carboxylic acids is 1. The first-order valence-electron chi connectivity index (χ1n) is 7.48. The van der Waals surface area contributed by atoms with Crippen molar-refractivity contribution in [1.82, 2.24) is 10.3 Å². The van der Waals surface area contributed by atoms with Gasteiger partial charge in [0, 0.05) is 29.2 Å². The van der Waals surface area contributed by atoms with Gasteiger partial charge in [0.15, 0.2) is 0 Å². The number of amides is 1. The Bertz CT molecular complexity index is 968. The van der Waals surface area contributed by atoms with Crippen LogP contribution in [0.5, 0.6) is 0 Å². The zero-order chi connectivity index (χ0) is 18.0. The van der Waals surface area contributed by atoms with Crippen LogP contribution in [0.4, 0.5) is 4.39 Å². The van der Waals surface area contributed by atoms with Gasteiger partial charge in [-0.25, -0.2) is 9.18 Å². The molecule has 0 saturated heterocycles. The van der Waals surface area contributed by atoms with E-state index in [1.807, 2.05) is 12.1 Å². The molecule has 0 bridgehead atoms. The van der Waals surface area contributed by atoms with E-state index < -0.39 is 11.8 Å². The van der Waals surface area contributed by atoms with E-state index in [0.29, 0.717) is 5.02 Å². The fourth-order valence-electron chi connectivity index (χ4n) is 2.62. The summed E-state index contributed by atoms with van der Waals surface area (Å²) < 4.78 is 13.8. The molecule has 0 unspecified atom stereocenters. The van der Waals surface area contributed by atoms with E-state index in [1.54, 1.807) is 12.3 Å². The van der Waals surface area contributed by atoms with Crippen LogP contribution < -0.4 is 5.32 Å². The number of benzene rings is 2. The van der Waals surface area contributed by atoms with Gasteiger partial charge >= 0.3 is 5.97 Å². The number of carbonyl (C=O) groups is 2. The maximum absolute atomic E-state index is 13.8. The van der Waals surface area contributed by atoms with Gasteiger partial charge in [-0.2, -0.15) is 0 Å². The number of nitrogens with one attached hydrogen (secondary N) is 2. The molecule has 0 radical (unpaired) electrons. The van der Waals surface area contributed by atoms with E-state index in [9.17, 15) is 14.0 Å². The summed E-state index contributed by atoms with van der Waals surface area (Å²) in [5, 5.41) is 12.9. The Morgan fingerprint density at radius 1 is 1.20 bits per heavy atom. The first kappa shape index (κ1) is 17.0. The third kappa shape index (κ3) is 3.64. The molecule has 128 valence electrons. The van der Waals surface area contributed by atoms with Crippen molar-refractivity contribution in [3.8, 4) is 0 Å². The third-order valence-electron chi connectivity index (χ3n) is 3.86. The lowest BCUT2D eigenvalue weighted by Gasteiger charge is -2.07. The smallest absolute Gasteiger partial charge is 0.335 e. The topological polar surface area (TPSA) is 82.2 Å². The van der Waals surface area contributed by atoms with E-state index in [1.165, 1.54) is 12.1 Å². The zero-order valence-electron chi connectivity index (χ0n) is 13.0.